The topological polar surface area (TPSA) is 115 Å². The molecule has 8 nitrogen and oxygen atoms in total. The lowest BCUT2D eigenvalue weighted by Gasteiger charge is -2.16. The van der Waals surface area contributed by atoms with Crippen LogP contribution >= 0.6 is 0 Å². The van der Waals surface area contributed by atoms with E-state index < -0.39 is 70.4 Å². The summed E-state index contributed by atoms with van der Waals surface area (Å²) in [5, 5.41) is 18.2. The molecule has 4 rings (SSSR count). The van der Waals surface area contributed by atoms with Gasteiger partial charge < -0.3 is 19.5 Å². The summed E-state index contributed by atoms with van der Waals surface area (Å²) in [6, 6.07) is 4.73. The number of rotatable bonds is 6. The standard InChI is InChI=1S/C23H13F6N3O5/c24-11-4-16(25)14(17(26)5-11)8-32-9-31-20(34)13-6-12(1-2-18(13)32)37-21-15(23(27,28)29)3-10(7-30-21)19(33)22(35)36/h1-7,9,19,33H,8H2,(H,35,36). The van der Waals surface area contributed by atoms with Gasteiger partial charge in [0, 0.05) is 29.5 Å². The summed E-state index contributed by atoms with van der Waals surface area (Å²) < 4.78 is 88.5. The van der Waals surface area contributed by atoms with Gasteiger partial charge in [-0.25, -0.2) is 22.9 Å². The number of carboxylic acid groups (broad SMARTS) is 1. The number of aliphatic hydroxyl groups is 1. The molecule has 0 saturated carbocycles. The minimum absolute atomic E-state index is 0.0828. The van der Waals surface area contributed by atoms with Crippen LogP contribution in [0.1, 0.15) is 22.8 Å². The van der Waals surface area contributed by atoms with Gasteiger partial charge in [-0.2, -0.15) is 18.2 Å². The largest absolute Gasteiger partial charge is 0.479 e. The van der Waals surface area contributed by atoms with Crippen molar-refractivity contribution in [3.05, 3.63) is 93.4 Å². The fourth-order valence-corrected chi connectivity index (χ4v) is 3.43. The maximum atomic E-state index is 14.1. The Morgan fingerprint density at radius 2 is 1.73 bits per heavy atom. The minimum Gasteiger partial charge on any atom is -0.479 e. The van der Waals surface area contributed by atoms with Gasteiger partial charge in [0.2, 0.25) is 5.88 Å². The molecule has 0 amide bonds. The van der Waals surface area contributed by atoms with Gasteiger partial charge in [0.15, 0.2) is 6.10 Å². The monoisotopic (exact) mass is 525 g/mol. The number of carbonyl (C=O) groups is 1. The fourth-order valence-electron chi connectivity index (χ4n) is 3.43. The van der Waals surface area contributed by atoms with Crippen LogP contribution in [0.4, 0.5) is 26.3 Å². The number of alkyl halides is 3. The molecule has 0 saturated heterocycles. The van der Waals surface area contributed by atoms with E-state index in [1.54, 1.807) is 0 Å². The third kappa shape index (κ3) is 5.23. The van der Waals surface area contributed by atoms with Gasteiger partial charge in [-0.1, -0.05) is 0 Å². The Morgan fingerprint density at radius 1 is 1.05 bits per heavy atom. The molecule has 192 valence electrons. The summed E-state index contributed by atoms with van der Waals surface area (Å²) in [5.41, 5.74) is -3.40. The van der Waals surface area contributed by atoms with Crippen molar-refractivity contribution in [2.24, 2.45) is 0 Å². The Balaban J connectivity index is 1.74. The zero-order chi connectivity index (χ0) is 27.1. The van der Waals surface area contributed by atoms with E-state index in [-0.39, 0.29) is 16.7 Å². The molecule has 2 heterocycles. The summed E-state index contributed by atoms with van der Waals surface area (Å²) in [4.78, 5) is 30.3. The van der Waals surface area contributed by atoms with E-state index in [1.807, 2.05) is 0 Å². The van der Waals surface area contributed by atoms with E-state index >= 15 is 0 Å². The molecule has 37 heavy (non-hydrogen) atoms. The van der Waals surface area contributed by atoms with Crippen molar-refractivity contribution in [2.75, 3.05) is 0 Å². The lowest BCUT2D eigenvalue weighted by molar-refractivity contribution is -0.147. The van der Waals surface area contributed by atoms with Crippen LogP contribution in [0.3, 0.4) is 0 Å². The number of nitrogens with zero attached hydrogens (tertiary/aromatic N) is 3. The van der Waals surface area contributed by atoms with E-state index in [2.05, 4.69) is 9.97 Å². The lowest BCUT2D eigenvalue weighted by Crippen LogP contribution is -2.15. The van der Waals surface area contributed by atoms with Crippen molar-refractivity contribution in [1.29, 1.82) is 0 Å². The minimum atomic E-state index is -5.05. The highest BCUT2D eigenvalue weighted by molar-refractivity contribution is 5.80. The number of aliphatic hydroxyl groups excluding tert-OH is 1. The SMILES string of the molecule is O=C(O)C(O)c1cnc(Oc2ccc3c(c2)c(=O)ncn3Cc2c(F)cc(F)cc2F)c(C(F)(F)F)c1. The number of benzene rings is 2. The smallest absolute Gasteiger partial charge is 0.421 e. The van der Waals surface area contributed by atoms with Crippen LogP contribution in [-0.4, -0.2) is 30.7 Å². The Labute approximate surface area is 202 Å². The summed E-state index contributed by atoms with van der Waals surface area (Å²) in [7, 11) is 0. The molecule has 2 N–H and O–H groups in total. The van der Waals surface area contributed by atoms with Crippen LogP contribution in [-0.2, 0) is 17.5 Å². The number of hydrogen-bond donors (Lipinski definition) is 2. The molecule has 14 heteroatoms. The lowest BCUT2D eigenvalue weighted by atomic mass is 10.1. The van der Waals surface area contributed by atoms with Crippen LogP contribution in [0.2, 0.25) is 0 Å². The van der Waals surface area contributed by atoms with Gasteiger partial charge in [0.25, 0.3) is 5.56 Å². The van der Waals surface area contributed by atoms with Gasteiger partial charge in [0.1, 0.15) is 28.8 Å². The molecule has 0 aliphatic carbocycles. The van der Waals surface area contributed by atoms with Crippen molar-refractivity contribution >= 4 is 16.9 Å². The molecule has 0 fully saturated rings. The summed E-state index contributed by atoms with van der Waals surface area (Å²) >= 11 is 0. The van der Waals surface area contributed by atoms with Crippen LogP contribution in [0.15, 0.2) is 53.7 Å². The zero-order valence-electron chi connectivity index (χ0n) is 18.1. The molecule has 2 aromatic carbocycles. The average molecular weight is 525 g/mol. The Hall–Kier alpha value is -4.46. The van der Waals surface area contributed by atoms with E-state index in [9.17, 15) is 41.0 Å². The molecule has 2 aromatic heterocycles. The Bertz CT molecular complexity index is 1560. The van der Waals surface area contributed by atoms with Crippen molar-refractivity contribution < 1.29 is 46.1 Å². The van der Waals surface area contributed by atoms with Gasteiger partial charge >= 0.3 is 12.1 Å². The van der Waals surface area contributed by atoms with Gasteiger partial charge in [0.05, 0.1) is 23.8 Å². The van der Waals surface area contributed by atoms with Gasteiger partial charge in [-0.15, -0.1) is 0 Å². The highest BCUT2D eigenvalue weighted by atomic mass is 19.4. The predicted molar refractivity (Wildman–Crippen MR) is 113 cm³/mol. The van der Waals surface area contributed by atoms with E-state index in [0.717, 1.165) is 18.5 Å². The summed E-state index contributed by atoms with van der Waals surface area (Å²) in [6.07, 6.45) is -5.64. The molecule has 1 unspecified atom stereocenters. The van der Waals surface area contributed by atoms with Gasteiger partial charge in [-0.05, 0) is 24.3 Å². The molecule has 0 aliphatic rings. The number of hydrogen-bond acceptors (Lipinski definition) is 6. The molecule has 1 atom stereocenters. The normalized spacial score (nSPS) is 12.5. The first-order valence-corrected chi connectivity index (χ1v) is 10.1. The molecular formula is C23H13F6N3O5. The summed E-state index contributed by atoms with van der Waals surface area (Å²) in [6.45, 7) is -0.491. The highest BCUT2D eigenvalue weighted by Crippen LogP contribution is 2.38. The second-order valence-electron chi connectivity index (χ2n) is 7.67. The van der Waals surface area contributed by atoms with E-state index in [1.165, 1.54) is 10.6 Å². The predicted octanol–water partition coefficient (Wildman–Crippen LogP) is 4.19. The van der Waals surface area contributed by atoms with Crippen LogP contribution < -0.4 is 10.3 Å². The van der Waals surface area contributed by atoms with Crippen LogP contribution in [0.25, 0.3) is 10.9 Å². The Morgan fingerprint density at radius 3 is 2.35 bits per heavy atom. The number of ether oxygens (including phenoxy) is 1. The number of aromatic nitrogens is 3. The first-order valence-electron chi connectivity index (χ1n) is 10.1. The number of fused-ring (bicyclic) bond motifs is 1. The quantitative estimate of drug-likeness (QED) is 0.363. The molecule has 0 bridgehead atoms. The molecule has 4 aromatic rings. The van der Waals surface area contributed by atoms with Crippen molar-refractivity contribution in [2.45, 2.75) is 18.8 Å². The van der Waals surface area contributed by atoms with Crippen LogP contribution in [0.5, 0.6) is 11.6 Å². The van der Waals surface area contributed by atoms with Crippen molar-refractivity contribution in [3.8, 4) is 11.6 Å². The molecule has 0 radical (unpaired) electrons. The third-order valence-corrected chi connectivity index (χ3v) is 5.20. The number of pyridine rings is 1. The molecule has 0 spiro atoms. The second kappa shape index (κ2) is 9.54. The number of halogens is 6. The maximum absolute atomic E-state index is 14.1. The highest BCUT2D eigenvalue weighted by Gasteiger charge is 2.37. The molecule has 0 aliphatic heterocycles. The van der Waals surface area contributed by atoms with Crippen molar-refractivity contribution in [1.82, 2.24) is 14.5 Å². The first kappa shape index (κ1) is 25.6. The first-order chi connectivity index (χ1) is 17.3. The van der Waals surface area contributed by atoms with Gasteiger partial charge in [-0.3, -0.25) is 4.79 Å². The average Bonchev–Trinajstić information content (AvgIpc) is 2.82. The van der Waals surface area contributed by atoms with Crippen LogP contribution in [0, 0.1) is 17.5 Å². The number of aliphatic carboxylic acids is 1. The second-order valence-corrected chi connectivity index (χ2v) is 7.67. The fraction of sp³-hybridized carbons (Fsp3) is 0.130. The maximum Gasteiger partial charge on any atom is 0.421 e. The number of carboxylic acids is 1. The van der Waals surface area contributed by atoms with E-state index in [4.69, 9.17) is 9.84 Å². The zero-order valence-corrected chi connectivity index (χ0v) is 18.1. The van der Waals surface area contributed by atoms with Crippen molar-refractivity contribution in [3.63, 3.8) is 0 Å². The van der Waals surface area contributed by atoms with E-state index in [0.29, 0.717) is 24.4 Å². The molecular weight excluding hydrogens is 512 g/mol. The summed E-state index contributed by atoms with van der Waals surface area (Å²) in [5.74, 6) is -6.55. The Kier molecular flexibility index (Phi) is 6.61. The third-order valence-electron chi connectivity index (χ3n) is 5.20.